The number of esters is 1. The maximum Gasteiger partial charge on any atom is 0.340 e. The van der Waals surface area contributed by atoms with Crippen molar-refractivity contribution in [3.05, 3.63) is 23.5 Å². The molecule has 0 fully saturated rings. The SMILES string of the molecule is CCCOc1cc(C(=O)OC)c(N)cc1F. The smallest absolute Gasteiger partial charge is 0.340 e. The van der Waals surface area contributed by atoms with Gasteiger partial charge in [0.15, 0.2) is 11.6 Å². The Labute approximate surface area is 93.2 Å². The summed E-state index contributed by atoms with van der Waals surface area (Å²) in [4.78, 5) is 11.3. The molecule has 0 amide bonds. The van der Waals surface area contributed by atoms with Crippen molar-refractivity contribution in [3.8, 4) is 5.75 Å². The number of nitrogen functional groups attached to an aromatic ring is 1. The summed E-state index contributed by atoms with van der Waals surface area (Å²) < 4.78 is 23.0. The van der Waals surface area contributed by atoms with Crippen LogP contribution in [0.2, 0.25) is 0 Å². The summed E-state index contributed by atoms with van der Waals surface area (Å²) in [6.07, 6.45) is 0.747. The molecule has 0 radical (unpaired) electrons. The Morgan fingerprint density at radius 3 is 2.75 bits per heavy atom. The molecular formula is C11H14FNO3. The summed E-state index contributed by atoms with van der Waals surface area (Å²) in [6.45, 7) is 2.28. The third kappa shape index (κ3) is 2.62. The summed E-state index contributed by atoms with van der Waals surface area (Å²) >= 11 is 0. The molecule has 1 aromatic carbocycles. The zero-order valence-corrected chi connectivity index (χ0v) is 9.25. The highest BCUT2D eigenvalue weighted by atomic mass is 19.1. The lowest BCUT2D eigenvalue weighted by molar-refractivity contribution is 0.0601. The summed E-state index contributed by atoms with van der Waals surface area (Å²) in [5, 5.41) is 0. The first-order chi connectivity index (χ1) is 7.60. The van der Waals surface area contributed by atoms with Crippen LogP contribution in [0.15, 0.2) is 12.1 Å². The average Bonchev–Trinajstić information content (AvgIpc) is 2.27. The van der Waals surface area contributed by atoms with Crippen molar-refractivity contribution in [1.82, 2.24) is 0 Å². The number of anilines is 1. The number of hydrogen-bond acceptors (Lipinski definition) is 4. The summed E-state index contributed by atoms with van der Waals surface area (Å²) in [5.41, 5.74) is 5.64. The zero-order chi connectivity index (χ0) is 12.1. The molecule has 0 bridgehead atoms. The Morgan fingerprint density at radius 2 is 2.19 bits per heavy atom. The van der Waals surface area contributed by atoms with Crippen molar-refractivity contribution in [1.29, 1.82) is 0 Å². The topological polar surface area (TPSA) is 61.5 Å². The van der Waals surface area contributed by atoms with Crippen molar-refractivity contribution >= 4 is 11.7 Å². The molecule has 0 aliphatic heterocycles. The van der Waals surface area contributed by atoms with Crippen LogP contribution < -0.4 is 10.5 Å². The third-order valence-electron chi connectivity index (χ3n) is 1.97. The molecule has 0 heterocycles. The van der Waals surface area contributed by atoms with Crippen LogP contribution in [0.25, 0.3) is 0 Å². The van der Waals surface area contributed by atoms with Gasteiger partial charge in [-0.2, -0.15) is 0 Å². The van der Waals surface area contributed by atoms with Gasteiger partial charge >= 0.3 is 5.97 Å². The van der Waals surface area contributed by atoms with Crippen LogP contribution in [0.5, 0.6) is 5.75 Å². The third-order valence-corrected chi connectivity index (χ3v) is 1.97. The molecule has 0 saturated heterocycles. The van der Waals surface area contributed by atoms with E-state index >= 15 is 0 Å². The van der Waals surface area contributed by atoms with Crippen molar-refractivity contribution in [2.75, 3.05) is 19.5 Å². The average molecular weight is 227 g/mol. The van der Waals surface area contributed by atoms with E-state index in [1.54, 1.807) is 0 Å². The molecule has 0 aliphatic rings. The second-order valence-electron chi connectivity index (χ2n) is 3.21. The van der Waals surface area contributed by atoms with E-state index in [4.69, 9.17) is 10.5 Å². The second kappa shape index (κ2) is 5.34. The molecule has 4 nitrogen and oxygen atoms in total. The van der Waals surface area contributed by atoms with Crippen LogP contribution in [0.1, 0.15) is 23.7 Å². The molecule has 0 atom stereocenters. The number of carbonyl (C=O) groups excluding carboxylic acids is 1. The van der Waals surface area contributed by atoms with E-state index in [0.717, 1.165) is 12.5 Å². The molecule has 0 spiro atoms. The highest BCUT2D eigenvalue weighted by Gasteiger charge is 2.15. The number of nitrogens with two attached hydrogens (primary N) is 1. The van der Waals surface area contributed by atoms with Crippen LogP contribution in [0.4, 0.5) is 10.1 Å². The second-order valence-corrected chi connectivity index (χ2v) is 3.21. The van der Waals surface area contributed by atoms with Gasteiger partial charge in [-0.05, 0) is 12.5 Å². The molecule has 2 N–H and O–H groups in total. The largest absolute Gasteiger partial charge is 0.491 e. The molecule has 0 aliphatic carbocycles. The fourth-order valence-corrected chi connectivity index (χ4v) is 1.18. The maximum atomic E-state index is 13.4. The van der Waals surface area contributed by atoms with Crippen LogP contribution in [-0.4, -0.2) is 19.7 Å². The zero-order valence-electron chi connectivity index (χ0n) is 9.25. The van der Waals surface area contributed by atoms with E-state index in [1.807, 2.05) is 6.92 Å². The van der Waals surface area contributed by atoms with E-state index in [-0.39, 0.29) is 17.0 Å². The van der Waals surface area contributed by atoms with Gasteiger partial charge in [-0.1, -0.05) is 6.92 Å². The number of carbonyl (C=O) groups is 1. The van der Waals surface area contributed by atoms with Crippen molar-refractivity contribution in [2.24, 2.45) is 0 Å². The lowest BCUT2D eigenvalue weighted by Gasteiger charge is -2.09. The first-order valence-corrected chi connectivity index (χ1v) is 4.90. The van der Waals surface area contributed by atoms with E-state index in [1.165, 1.54) is 13.2 Å². The molecule has 1 aromatic rings. The Hall–Kier alpha value is -1.78. The van der Waals surface area contributed by atoms with Gasteiger partial charge in [0.05, 0.1) is 19.3 Å². The minimum Gasteiger partial charge on any atom is -0.491 e. The fourth-order valence-electron chi connectivity index (χ4n) is 1.18. The normalized spacial score (nSPS) is 9.94. The fraction of sp³-hybridized carbons (Fsp3) is 0.364. The highest BCUT2D eigenvalue weighted by Crippen LogP contribution is 2.24. The van der Waals surface area contributed by atoms with Gasteiger partial charge in [-0.15, -0.1) is 0 Å². The number of ether oxygens (including phenoxy) is 2. The Morgan fingerprint density at radius 1 is 1.50 bits per heavy atom. The molecular weight excluding hydrogens is 213 g/mol. The summed E-state index contributed by atoms with van der Waals surface area (Å²) in [7, 11) is 1.23. The number of hydrogen-bond donors (Lipinski definition) is 1. The minimum absolute atomic E-state index is 0.0106. The molecule has 16 heavy (non-hydrogen) atoms. The molecule has 0 aromatic heterocycles. The minimum atomic E-state index is -0.612. The van der Waals surface area contributed by atoms with E-state index < -0.39 is 11.8 Å². The quantitative estimate of drug-likeness (QED) is 0.631. The van der Waals surface area contributed by atoms with Crippen LogP contribution in [0.3, 0.4) is 0 Å². The predicted molar refractivity (Wildman–Crippen MR) is 57.9 cm³/mol. The van der Waals surface area contributed by atoms with E-state index in [0.29, 0.717) is 6.61 Å². The lowest BCUT2D eigenvalue weighted by Crippen LogP contribution is -2.08. The monoisotopic (exact) mass is 227 g/mol. The molecule has 0 saturated carbocycles. The molecule has 0 unspecified atom stereocenters. The maximum absolute atomic E-state index is 13.4. The Bertz CT molecular complexity index is 393. The molecule has 88 valence electrons. The van der Waals surface area contributed by atoms with Crippen molar-refractivity contribution in [3.63, 3.8) is 0 Å². The van der Waals surface area contributed by atoms with Crippen LogP contribution in [0, 0.1) is 5.82 Å². The van der Waals surface area contributed by atoms with Crippen molar-refractivity contribution < 1.29 is 18.7 Å². The Balaban J connectivity index is 3.06. The van der Waals surface area contributed by atoms with Crippen LogP contribution in [-0.2, 0) is 4.74 Å². The number of methoxy groups -OCH3 is 1. The lowest BCUT2D eigenvalue weighted by atomic mass is 10.1. The first kappa shape index (κ1) is 12.3. The summed E-state index contributed by atoms with van der Waals surface area (Å²) in [6, 6.07) is 2.31. The highest BCUT2D eigenvalue weighted by molar-refractivity contribution is 5.95. The van der Waals surface area contributed by atoms with Gasteiger partial charge < -0.3 is 15.2 Å². The molecule has 1 rings (SSSR count). The molecule has 5 heteroatoms. The van der Waals surface area contributed by atoms with Gasteiger partial charge in [-0.25, -0.2) is 9.18 Å². The summed E-state index contributed by atoms with van der Waals surface area (Å²) in [5.74, 6) is -1.19. The Kier molecular flexibility index (Phi) is 4.10. The first-order valence-electron chi connectivity index (χ1n) is 4.90. The van der Waals surface area contributed by atoms with Gasteiger partial charge in [-0.3, -0.25) is 0 Å². The van der Waals surface area contributed by atoms with E-state index in [2.05, 4.69) is 4.74 Å². The number of benzene rings is 1. The predicted octanol–water partition coefficient (Wildman–Crippen LogP) is 1.98. The van der Waals surface area contributed by atoms with Gasteiger partial charge in [0.1, 0.15) is 0 Å². The van der Waals surface area contributed by atoms with Gasteiger partial charge in [0.2, 0.25) is 0 Å². The van der Waals surface area contributed by atoms with E-state index in [9.17, 15) is 9.18 Å². The van der Waals surface area contributed by atoms with Gasteiger partial charge in [0, 0.05) is 11.8 Å². The number of halogens is 1. The number of rotatable bonds is 4. The van der Waals surface area contributed by atoms with Crippen molar-refractivity contribution in [2.45, 2.75) is 13.3 Å². The standard InChI is InChI=1S/C11H14FNO3/c1-3-4-16-10-5-7(11(14)15-2)9(13)6-8(10)12/h5-6H,3-4,13H2,1-2H3. The van der Waals surface area contributed by atoms with Crippen LogP contribution >= 0.6 is 0 Å². The van der Waals surface area contributed by atoms with Gasteiger partial charge in [0.25, 0.3) is 0 Å².